The first kappa shape index (κ1) is 19.6. The van der Waals surface area contributed by atoms with Gasteiger partial charge in [0.15, 0.2) is 5.96 Å². The van der Waals surface area contributed by atoms with Crippen molar-refractivity contribution < 1.29 is 9.53 Å². The lowest BCUT2D eigenvalue weighted by Crippen LogP contribution is -2.46. The van der Waals surface area contributed by atoms with Crippen LogP contribution in [0.25, 0.3) is 0 Å². The van der Waals surface area contributed by atoms with Gasteiger partial charge in [-0.3, -0.25) is 9.69 Å². The molecular formula is C20H31N5O2. The number of aliphatic imine (C=N–C) groups is 1. The molecule has 2 heterocycles. The van der Waals surface area contributed by atoms with Crippen molar-refractivity contribution in [1.82, 2.24) is 15.1 Å². The molecule has 2 aliphatic heterocycles. The Kier molecular flexibility index (Phi) is 7.06. The van der Waals surface area contributed by atoms with Gasteiger partial charge < -0.3 is 20.3 Å². The van der Waals surface area contributed by atoms with Crippen LogP contribution in [-0.4, -0.2) is 73.6 Å². The maximum atomic E-state index is 11.2. The van der Waals surface area contributed by atoms with E-state index in [1.165, 1.54) is 13.3 Å². The topological polar surface area (TPSA) is 69.2 Å². The van der Waals surface area contributed by atoms with Crippen molar-refractivity contribution in [2.45, 2.75) is 32.9 Å². The molecule has 2 aliphatic rings. The average molecular weight is 374 g/mol. The number of anilines is 1. The number of nitrogens with one attached hydrogen (secondary N) is 2. The Bertz CT molecular complexity index is 658. The van der Waals surface area contributed by atoms with Crippen LogP contribution in [0.2, 0.25) is 0 Å². The minimum Gasteiger partial charge on any atom is -0.379 e. The van der Waals surface area contributed by atoms with Crippen LogP contribution < -0.4 is 10.6 Å². The maximum absolute atomic E-state index is 11.2. The first-order chi connectivity index (χ1) is 13.2. The maximum Gasteiger partial charge on any atom is 0.221 e. The zero-order chi connectivity index (χ0) is 19.1. The molecule has 27 heavy (non-hydrogen) atoms. The van der Waals surface area contributed by atoms with Gasteiger partial charge in [0.2, 0.25) is 5.91 Å². The second kappa shape index (κ2) is 9.71. The number of benzene rings is 1. The largest absolute Gasteiger partial charge is 0.379 e. The normalized spacial score (nSPS) is 21.3. The summed E-state index contributed by atoms with van der Waals surface area (Å²) in [5.74, 6) is 0.911. The van der Waals surface area contributed by atoms with Crippen LogP contribution in [0.4, 0.5) is 5.69 Å². The van der Waals surface area contributed by atoms with E-state index in [1.807, 2.05) is 24.3 Å². The van der Waals surface area contributed by atoms with E-state index < -0.39 is 0 Å². The highest BCUT2D eigenvalue weighted by atomic mass is 16.5. The molecule has 2 N–H and O–H groups in total. The summed E-state index contributed by atoms with van der Waals surface area (Å²) in [4.78, 5) is 21.0. The number of amides is 1. The van der Waals surface area contributed by atoms with Gasteiger partial charge in [0, 0.05) is 51.4 Å². The molecule has 0 aliphatic carbocycles. The van der Waals surface area contributed by atoms with Gasteiger partial charge in [-0.1, -0.05) is 12.1 Å². The third-order valence-corrected chi connectivity index (χ3v) is 5.02. The molecule has 1 aromatic carbocycles. The molecule has 0 bridgehead atoms. The molecule has 0 radical (unpaired) electrons. The Morgan fingerprint density at radius 1 is 1.30 bits per heavy atom. The summed E-state index contributed by atoms with van der Waals surface area (Å²) in [5, 5.41) is 6.25. The van der Waals surface area contributed by atoms with Crippen molar-refractivity contribution in [2.75, 3.05) is 51.3 Å². The van der Waals surface area contributed by atoms with Crippen LogP contribution in [0.3, 0.4) is 0 Å². The number of carbonyl (C=O) groups excluding carboxylic acids is 1. The van der Waals surface area contributed by atoms with Gasteiger partial charge in [0.25, 0.3) is 0 Å². The Morgan fingerprint density at radius 2 is 2.11 bits per heavy atom. The van der Waals surface area contributed by atoms with Crippen LogP contribution in [0.1, 0.15) is 25.8 Å². The molecule has 7 nitrogen and oxygen atoms in total. The Labute approximate surface area is 161 Å². The zero-order valence-corrected chi connectivity index (χ0v) is 16.4. The second-order valence-electron chi connectivity index (χ2n) is 7.09. The molecule has 0 spiro atoms. The smallest absolute Gasteiger partial charge is 0.221 e. The van der Waals surface area contributed by atoms with Crippen molar-refractivity contribution >= 4 is 17.6 Å². The second-order valence-corrected chi connectivity index (χ2v) is 7.09. The van der Waals surface area contributed by atoms with Crippen LogP contribution in [0.5, 0.6) is 0 Å². The van der Waals surface area contributed by atoms with E-state index in [1.54, 1.807) is 0 Å². The summed E-state index contributed by atoms with van der Waals surface area (Å²) in [5.41, 5.74) is 1.90. The lowest BCUT2D eigenvalue weighted by Gasteiger charge is -2.32. The first-order valence-electron chi connectivity index (χ1n) is 9.87. The summed E-state index contributed by atoms with van der Waals surface area (Å²) in [7, 11) is 0. The third-order valence-electron chi connectivity index (χ3n) is 5.02. The molecule has 148 valence electrons. The number of morpholine rings is 1. The summed E-state index contributed by atoms with van der Waals surface area (Å²) in [6, 6.07) is 8.45. The van der Waals surface area contributed by atoms with Crippen molar-refractivity contribution in [3.63, 3.8) is 0 Å². The lowest BCUT2D eigenvalue weighted by atomic mass is 10.2. The number of rotatable bonds is 5. The Balaban J connectivity index is 1.62. The number of nitrogens with zero attached hydrogens (tertiary/aromatic N) is 3. The first-order valence-corrected chi connectivity index (χ1v) is 9.87. The van der Waals surface area contributed by atoms with Gasteiger partial charge in [-0.05, 0) is 31.0 Å². The number of hydrogen-bond donors (Lipinski definition) is 2. The van der Waals surface area contributed by atoms with E-state index in [4.69, 9.17) is 9.73 Å². The standard InChI is InChI=1S/C20H31N5O2/c1-3-21-20(22-14-17-5-4-6-18(13-17)23-16(2)26)25-8-7-19(15-25)24-9-11-27-12-10-24/h4-6,13,19H,3,7-12,14-15H2,1-2H3,(H,21,22)(H,23,26). The summed E-state index contributed by atoms with van der Waals surface area (Å²) in [6.07, 6.45) is 1.17. The summed E-state index contributed by atoms with van der Waals surface area (Å²) < 4.78 is 5.48. The number of hydrogen-bond acceptors (Lipinski definition) is 4. The average Bonchev–Trinajstić information content (AvgIpc) is 3.16. The minimum atomic E-state index is -0.0600. The van der Waals surface area contributed by atoms with Gasteiger partial charge in [0.1, 0.15) is 0 Å². The van der Waals surface area contributed by atoms with Gasteiger partial charge in [-0.15, -0.1) is 0 Å². The van der Waals surface area contributed by atoms with Gasteiger partial charge >= 0.3 is 0 Å². The Morgan fingerprint density at radius 3 is 2.85 bits per heavy atom. The van der Waals surface area contributed by atoms with Crippen molar-refractivity contribution in [3.8, 4) is 0 Å². The van der Waals surface area contributed by atoms with E-state index >= 15 is 0 Å². The fourth-order valence-electron chi connectivity index (χ4n) is 3.72. The number of guanidine groups is 1. The zero-order valence-electron chi connectivity index (χ0n) is 16.4. The molecule has 2 fully saturated rings. The van der Waals surface area contributed by atoms with Crippen molar-refractivity contribution in [1.29, 1.82) is 0 Å². The van der Waals surface area contributed by atoms with Crippen molar-refractivity contribution in [2.24, 2.45) is 4.99 Å². The molecule has 3 rings (SSSR count). The fourth-order valence-corrected chi connectivity index (χ4v) is 3.72. The molecule has 0 aromatic heterocycles. The molecule has 2 saturated heterocycles. The van der Waals surface area contributed by atoms with Crippen LogP contribution in [-0.2, 0) is 16.1 Å². The number of ether oxygens (including phenoxy) is 1. The molecule has 0 saturated carbocycles. The van der Waals surface area contributed by atoms with E-state index in [-0.39, 0.29) is 5.91 Å². The van der Waals surface area contributed by atoms with Crippen LogP contribution in [0, 0.1) is 0 Å². The predicted molar refractivity (Wildman–Crippen MR) is 108 cm³/mol. The minimum absolute atomic E-state index is 0.0600. The van der Waals surface area contributed by atoms with Crippen LogP contribution >= 0.6 is 0 Å². The fraction of sp³-hybridized carbons (Fsp3) is 0.600. The van der Waals surface area contributed by atoms with Crippen LogP contribution in [0.15, 0.2) is 29.3 Å². The lowest BCUT2D eigenvalue weighted by molar-refractivity contribution is -0.114. The van der Waals surface area contributed by atoms with Gasteiger partial charge in [0.05, 0.1) is 19.8 Å². The van der Waals surface area contributed by atoms with E-state index in [9.17, 15) is 4.79 Å². The van der Waals surface area contributed by atoms with E-state index in [0.29, 0.717) is 12.6 Å². The molecule has 1 unspecified atom stereocenters. The highest BCUT2D eigenvalue weighted by Crippen LogP contribution is 2.18. The van der Waals surface area contributed by atoms with Gasteiger partial charge in [-0.25, -0.2) is 4.99 Å². The van der Waals surface area contributed by atoms with Gasteiger partial charge in [-0.2, -0.15) is 0 Å². The predicted octanol–water partition coefficient (Wildman–Crippen LogP) is 1.52. The molecule has 1 aromatic rings. The monoisotopic (exact) mass is 373 g/mol. The SMILES string of the molecule is CCNC(=NCc1cccc(NC(C)=O)c1)N1CCC(N2CCOCC2)C1. The van der Waals surface area contributed by atoms with E-state index in [0.717, 1.165) is 63.1 Å². The third kappa shape index (κ3) is 5.68. The highest BCUT2D eigenvalue weighted by molar-refractivity contribution is 5.88. The molecule has 7 heteroatoms. The quantitative estimate of drug-likeness (QED) is 0.605. The highest BCUT2D eigenvalue weighted by Gasteiger charge is 2.30. The number of carbonyl (C=O) groups is 1. The molecule has 1 amide bonds. The summed E-state index contributed by atoms with van der Waals surface area (Å²) in [6.45, 7) is 10.8. The Hall–Kier alpha value is -2.12. The number of likely N-dealkylation sites (tertiary alicyclic amines) is 1. The molecule has 1 atom stereocenters. The van der Waals surface area contributed by atoms with E-state index in [2.05, 4.69) is 27.4 Å². The molecular weight excluding hydrogens is 342 g/mol. The summed E-state index contributed by atoms with van der Waals surface area (Å²) >= 11 is 0. The van der Waals surface area contributed by atoms with Crippen molar-refractivity contribution in [3.05, 3.63) is 29.8 Å².